The van der Waals surface area contributed by atoms with Gasteiger partial charge in [0.2, 0.25) is 16.8 Å². The number of benzene rings is 2. The molecule has 11 nitrogen and oxygen atoms in total. The number of ether oxygens (including phenoxy) is 3. The lowest BCUT2D eigenvalue weighted by Gasteiger charge is -2.36. The molecule has 2 fully saturated rings. The van der Waals surface area contributed by atoms with Gasteiger partial charge in [0.25, 0.3) is 5.69 Å². The van der Waals surface area contributed by atoms with E-state index in [4.69, 9.17) is 14.2 Å². The topological polar surface area (TPSA) is 115 Å². The first-order chi connectivity index (χ1) is 16.4. The monoisotopic (exact) mass is 490 g/mol. The van der Waals surface area contributed by atoms with Gasteiger partial charge in [0.1, 0.15) is 5.69 Å². The number of anilines is 1. The van der Waals surface area contributed by atoms with E-state index < -0.39 is 14.9 Å². The normalized spacial score (nSPS) is 19.4. The van der Waals surface area contributed by atoms with E-state index in [2.05, 4.69) is 4.90 Å². The maximum absolute atomic E-state index is 12.9. The Morgan fingerprint density at radius 2 is 1.65 bits per heavy atom. The number of hydrogen-bond acceptors (Lipinski definition) is 9. The van der Waals surface area contributed by atoms with Crippen molar-refractivity contribution in [1.29, 1.82) is 0 Å². The summed E-state index contributed by atoms with van der Waals surface area (Å²) >= 11 is 0. The highest BCUT2D eigenvalue weighted by Crippen LogP contribution is 2.34. The summed E-state index contributed by atoms with van der Waals surface area (Å²) in [6.45, 7) is 4.73. The van der Waals surface area contributed by atoms with Gasteiger partial charge in [-0.05, 0) is 29.8 Å². The Kier molecular flexibility index (Phi) is 6.30. The van der Waals surface area contributed by atoms with Crippen molar-refractivity contribution in [3.8, 4) is 11.5 Å². The van der Waals surface area contributed by atoms with Crippen molar-refractivity contribution in [2.75, 3.05) is 64.2 Å². The molecule has 3 heterocycles. The second-order valence-corrected chi connectivity index (χ2v) is 10.3. The molecule has 5 rings (SSSR count). The van der Waals surface area contributed by atoms with E-state index in [-0.39, 0.29) is 30.5 Å². The van der Waals surface area contributed by atoms with Gasteiger partial charge in [-0.15, -0.1) is 0 Å². The van der Waals surface area contributed by atoms with Gasteiger partial charge in [-0.1, -0.05) is 6.07 Å². The van der Waals surface area contributed by atoms with E-state index in [1.807, 2.05) is 23.1 Å². The van der Waals surface area contributed by atoms with Crippen molar-refractivity contribution < 1.29 is 27.6 Å². The van der Waals surface area contributed by atoms with Crippen molar-refractivity contribution in [2.24, 2.45) is 0 Å². The molecule has 2 aromatic carbocycles. The van der Waals surface area contributed by atoms with Crippen molar-refractivity contribution in [1.82, 2.24) is 9.21 Å². The predicted molar refractivity (Wildman–Crippen MR) is 123 cm³/mol. The maximum atomic E-state index is 12.9. The number of piperazine rings is 1. The third-order valence-electron chi connectivity index (χ3n) is 6.31. The summed E-state index contributed by atoms with van der Waals surface area (Å²) in [4.78, 5) is 15.5. The molecule has 0 aliphatic carbocycles. The number of nitrogens with zero attached hydrogens (tertiary/aromatic N) is 4. The molecule has 0 unspecified atom stereocenters. The van der Waals surface area contributed by atoms with E-state index in [0.717, 1.165) is 36.7 Å². The van der Waals surface area contributed by atoms with Crippen LogP contribution in [0.3, 0.4) is 0 Å². The van der Waals surface area contributed by atoms with E-state index >= 15 is 0 Å². The van der Waals surface area contributed by atoms with Crippen LogP contribution in [0, 0.1) is 10.1 Å². The van der Waals surface area contributed by atoms with Crippen LogP contribution in [0.1, 0.15) is 5.56 Å². The quantitative estimate of drug-likeness (QED) is 0.440. The molecule has 0 spiro atoms. The summed E-state index contributed by atoms with van der Waals surface area (Å²) in [6, 6.07) is 10.1. The van der Waals surface area contributed by atoms with Gasteiger partial charge in [-0.3, -0.25) is 15.0 Å². The van der Waals surface area contributed by atoms with Gasteiger partial charge in [-0.25, -0.2) is 8.42 Å². The number of hydrogen-bond donors (Lipinski definition) is 0. The second-order valence-electron chi connectivity index (χ2n) is 8.37. The Hall–Kier alpha value is -2.93. The van der Waals surface area contributed by atoms with Crippen LogP contribution >= 0.6 is 0 Å². The molecular weight excluding hydrogens is 464 g/mol. The summed E-state index contributed by atoms with van der Waals surface area (Å²) in [5.74, 6) is 1.50. The van der Waals surface area contributed by atoms with Gasteiger partial charge in [-0.2, -0.15) is 4.31 Å². The number of nitro groups is 1. The molecule has 0 radical (unpaired) electrons. The summed E-state index contributed by atoms with van der Waals surface area (Å²) < 4.78 is 43.2. The zero-order chi connectivity index (χ0) is 23.7. The molecule has 182 valence electrons. The molecule has 0 bridgehead atoms. The van der Waals surface area contributed by atoms with Crippen LogP contribution in [0.4, 0.5) is 11.4 Å². The molecule has 34 heavy (non-hydrogen) atoms. The van der Waals surface area contributed by atoms with Crippen molar-refractivity contribution in [3.63, 3.8) is 0 Å². The fourth-order valence-electron chi connectivity index (χ4n) is 4.46. The molecular formula is C22H26N4O7S. The van der Waals surface area contributed by atoms with Crippen LogP contribution in [0.15, 0.2) is 41.3 Å². The van der Waals surface area contributed by atoms with E-state index in [1.54, 1.807) is 6.07 Å². The Bertz CT molecular complexity index is 1180. The molecule has 3 aliphatic rings. The van der Waals surface area contributed by atoms with Crippen LogP contribution in [0.25, 0.3) is 0 Å². The molecule has 12 heteroatoms. The van der Waals surface area contributed by atoms with E-state index in [1.165, 1.54) is 16.4 Å². The van der Waals surface area contributed by atoms with Gasteiger partial charge in [0.15, 0.2) is 11.5 Å². The average Bonchev–Trinajstić information content (AvgIpc) is 3.33. The molecule has 0 saturated carbocycles. The number of morpholine rings is 1. The highest BCUT2D eigenvalue weighted by molar-refractivity contribution is 7.89. The van der Waals surface area contributed by atoms with Gasteiger partial charge >= 0.3 is 0 Å². The SMILES string of the molecule is O=[N+]([O-])c1cc(S(=O)(=O)N2CCOCC2)ccc1N1CCN(Cc2ccc3c(c2)OCO3)CC1. The number of sulfonamides is 1. The Labute approximate surface area is 197 Å². The average molecular weight is 491 g/mol. The predicted octanol–water partition coefficient (Wildman–Crippen LogP) is 1.67. The first-order valence-corrected chi connectivity index (χ1v) is 12.6. The third-order valence-corrected chi connectivity index (χ3v) is 8.20. The first-order valence-electron chi connectivity index (χ1n) is 11.1. The largest absolute Gasteiger partial charge is 0.454 e. The highest BCUT2D eigenvalue weighted by atomic mass is 32.2. The standard InChI is InChI=1S/C22H26N4O7S/c27-26(28)20-14-18(34(29,30)25-9-11-31-12-10-25)2-3-19(20)24-7-5-23(6-8-24)15-17-1-4-21-22(13-17)33-16-32-21/h1-4,13-14H,5-12,15-16H2. The zero-order valence-electron chi connectivity index (χ0n) is 18.6. The molecule has 0 amide bonds. The fraction of sp³-hybridized carbons (Fsp3) is 0.455. The van der Waals surface area contributed by atoms with Crippen LogP contribution in [-0.2, 0) is 21.3 Å². The van der Waals surface area contributed by atoms with Gasteiger partial charge < -0.3 is 19.1 Å². The molecule has 0 atom stereocenters. The summed E-state index contributed by atoms with van der Waals surface area (Å²) in [6.07, 6.45) is 0. The Morgan fingerprint density at radius 3 is 2.38 bits per heavy atom. The minimum absolute atomic E-state index is 0.0636. The highest BCUT2D eigenvalue weighted by Gasteiger charge is 2.31. The second kappa shape index (κ2) is 9.37. The Morgan fingerprint density at radius 1 is 0.912 bits per heavy atom. The van der Waals surface area contributed by atoms with E-state index in [9.17, 15) is 18.5 Å². The van der Waals surface area contributed by atoms with E-state index in [0.29, 0.717) is 32.0 Å². The fourth-order valence-corrected chi connectivity index (χ4v) is 5.89. The minimum atomic E-state index is -3.81. The molecule has 0 aromatic heterocycles. The summed E-state index contributed by atoms with van der Waals surface area (Å²) in [7, 11) is -3.81. The van der Waals surface area contributed by atoms with Gasteiger partial charge in [0.05, 0.1) is 23.0 Å². The number of rotatable bonds is 6. The number of nitro benzene ring substituents is 1. The van der Waals surface area contributed by atoms with Crippen molar-refractivity contribution in [3.05, 3.63) is 52.1 Å². The Balaban J connectivity index is 1.28. The van der Waals surface area contributed by atoms with Crippen LogP contribution in [-0.4, -0.2) is 81.8 Å². The molecule has 2 aromatic rings. The van der Waals surface area contributed by atoms with Crippen LogP contribution < -0.4 is 14.4 Å². The lowest BCUT2D eigenvalue weighted by molar-refractivity contribution is -0.384. The lowest BCUT2D eigenvalue weighted by atomic mass is 10.1. The molecule has 2 saturated heterocycles. The smallest absolute Gasteiger partial charge is 0.293 e. The summed E-state index contributed by atoms with van der Waals surface area (Å²) in [5, 5.41) is 11.8. The van der Waals surface area contributed by atoms with Gasteiger partial charge in [0, 0.05) is 51.9 Å². The zero-order valence-corrected chi connectivity index (χ0v) is 19.4. The maximum Gasteiger partial charge on any atom is 0.293 e. The van der Waals surface area contributed by atoms with Crippen molar-refractivity contribution >= 4 is 21.4 Å². The lowest BCUT2D eigenvalue weighted by Crippen LogP contribution is -2.46. The number of fused-ring (bicyclic) bond motifs is 1. The van der Waals surface area contributed by atoms with Crippen LogP contribution in [0.5, 0.6) is 11.5 Å². The van der Waals surface area contributed by atoms with Crippen LogP contribution in [0.2, 0.25) is 0 Å². The molecule has 3 aliphatic heterocycles. The first kappa shape index (κ1) is 22.8. The molecule has 0 N–H and O–H groups in total. The summed E-state index contributed by atoms with van der Waals surface area (Å²) in [5.41, 5.74) is 1.36. The minimum Gasteiger partial charge on any atom is -0.454 e. The third kappa shape index (κ3) is 4.53. The van der Waals surface area contributed by atoms with Crippen molar-refractivity contribution in [2.45, 2.75) is 11.4 Å².